The Morgan fingerprint density at radius 2 is 1.97 bits per heavy atom. The summed E-state index contributed by atoms with van der Waals surface area (Å²) in [5, 5.41) is 3.35. The first kappa shape index (κ1) is 29.1. The van der Waals surface area contributed by atoms with E-state index in [1.165, 1.54) is 0 Å². The summed E-state index contributed by atoms with van der Waals surface area (Å²) in [6.07, 6.45) is 8.53. The van der Waals surface area contributed by atoms with Crippen LogP contribution in [0.25, 0.3) is 0 Å². The lowest BCUT2D eigenvalue weighted by molar-refractivity contribution is -0.118. The predicted molar refractivity (Wildman–Crippen MR) is 147 cm³/mol. The van der Waals surface area contributed by atoms with Crippen LogP contribution in [0.1, 0.15) is 65.9 Å². The summed E-state index contributed by atoms with van der Waals surface area (Å²) in [6.45, 7) is 10.1. The molecule has 3 heterocycles. The van der Waals surface area contributed by atoms with E-state index in [0.717, 1.165) is 24.0 Å². The lowest BCUT2D eigenvalue weighted by atomic mass is 9.86. The average Bonchev–Trinajstić information content (AvgIpc) is 3.56. The summed E-state index contributed by atoms with van der Waals surface area (Å²) in [6, 6.07) is 3.88. The van der Waals surface area contributed by atoms with Gasteiger partial charge in [-0.25, -0.2) is 4.79 Å². The molecule has 0 aliphatic carbocycles. The number of nitrogens with zero attached hydrogens (tertiary/aromatic N) is 1. The maximum Gasteiger partial charge on any atom is 0.407 e. The molecule has 5 atom stereocenters. The number of anilines is 1. The molecule has 4 rings (SSSR count). The van der Waals surface area contributed by atoms with Crippen LogP contribution >= 0.6 is 11.6 Å². The van der Waals surface area contributed by atoms with Crippen molar-refractivity contribution in [2.45, 2.75) is 90.6 Å². The molecule has 1 aromatic carbocycles. The van der Waals surface area contributed by atoms with Gasteiger partial charge < -0.3 is 24.4 Å². The second-order valence-electron chi connectivity index (χ2n) is 10.2. The van der Waals surface area contributed by atoms with E-state index in [0.29, 0.717) is 35.7 Å². The third-order valence-electron chi connectivity index (χ3n) is 7.39. The highest BCUT2D eigenvalue weighted by Crippen LogP contribution is 2.47. The Morgan fingerprint density at radius 1 is 1.24 bits per heavy atom. The normalized spacial score (nSPS) is 32.4. The number of fused-ring (bicyclic) bond motifs is 5. The fourth-order valence-electron chi connectivity index (χ4n) is 5.16. The van der Waals surface area contributed by atoms with E-state index >= 15 is 0 Å². The molecule has 3 aliphatic heterocycles. The van der Waals surface area contributed by atoms with Gasteiger partial charge in [0.1, 0.15) is 16.9 Å². The number of methoxy groups -OCH3 is 1. The summed E-state index contributed by atoms with van der Waals surface area (Å²) >= 11 is 6.60. The number of benzene rings is 1. The van der Waals surface area contributed by atoms with Crippen molar-refractivity contribution in [3.05, 3.63) is 46.5 Å². The lowest BCUT2D eigenvalue weighted by Gasteiger charge is -2.33. The molecule has 2 fully saturated rings. The summed E-state index contributed by atoms with van der Waals surface area (Å²) in [5.74, 6) is 0.531. The van der Waals surface area contributed by atoms with Gasteiger partial charge in [-0.1, -0.05) is 56.2 Å². The van der Waals surface area contributed by atoms with Crippen LogP contribution in [0.15, 0.2) is 35.9 Å². The number of ether oxygens (including phenoxy) is 3. The number of rotatable bonds is 1. The van der Waals surface area contributed by atoms with Crippen LogP contribution in [0.4, 0.5) is 10.5 Å². The fraction of sp³-hybridized carbons (Fsp3) is 0.586. The third kappa shape index (κ3) is 6.88. The number of halogens is 1. The van der Waals surface area contributed by atoms with Crippen molar-refractivity contribution >= 4 is 29.3 Å². The molecule has 37 heavy (non-hydrogen) atoms. The highest BCUT2D eigenvalue weighted by Gasteiger charge is 2.57. The summed E-state index contributed by atoms with van der Waals surface area (Å²) in [4.78, 5) is 27.0. The summed E-state index contributed by atoms with van der Waals surface area (Å²) in [5.41, 5.74) is 2.37. The molecule has 0 saturated carbocycles. The molecule has 2 amide bonds. The summed E-state index contributed by atoms with van der Waals surface area (Å²) < 4.78 is 17.2. The lowest BCUT2D eigenvalue weighted by Crippen LogP contribution is -2.48. The highest BCUT2D eigenvalue weighted by atomic mass is 35.5. The Bertz CT molecular complexity index is 1050. The number of allylic oxidation sites excluding steroid dienone is 3. The number of hydrogen-bond donors (Lipinski definition) is 1. The Hall–Kier alpha value is -2.51. The molecule has 1 aromatic rings. The Morgan fingerprint density at radius 3 is 2.68 bits per heavy atom. The van der Waals surface area contributed by atoms with Crippen molar-refractivity contribution in [2.75, 3.05) is 19.1 Å². The fourth-order valence-corrected chi connectivity index (χ4v) is 5.48. The van der Waals surface area contributed by atoms with Gasteiger partial charge in [-0.2, -0.15) is 0 Å². The second-order valence-corrected chi connectivity index (χ2v) is 10.5. The Labute approximate surface area is 226 Å². The van der Waals surface area contributed by atoms with Gasteiger partial charge in [-0.3, -0.25) is 4.79 Å². The van der Waals surface area contributed by atoms with Gasteiger partial charge in [0.05, 0.1) is 24.5 Å². The Kier molecular flexibility index (Phi) is 9.70. The zero-order chi connectivity index (χ0) is 27.3. The Balaban J connectivity index is 0.00000186. The molecule has 1 N–H and O–H groups in total. The first-order valence-corrected chi connectivity index (χ1v) is 13.6. The smallest absolute Gasteiger partial charge is 0.407 e. The van der Waals surface area contributed by atoms with Crippen molar-refractivity contribution in [3.63, 3.8) is 0 Å². The standard InChI is InChI=1S/C27H35ClN2O5.C2H6/c1-16-8-6-7-9-19-15-21(34-26(32)29-19)17(2)25-27(3,35-25)11-10-23(31)30(4)20-13-18(12-16)14-22(33-5)24(20)28;1-2/h6-8,13-14,17,19,21,25H,9-12,15H2,1-5H3,(H,29,32);1-2H3/b7-6+,16-8+;/t17-,19?,21?,25+,27+;/m1./s1. The molecule has 0 spiro atoms. The number of nitrogens with one attached hydrogen (secondary N) is 1. The zero-order valence-corrected chi connectivity index (χ0v) is 23.9. The number of amides is 2. The van der Waals surface area contributed by atoms with Crippen LogP contribution in [-0.4, -0.2) is 50.0 Å². The van der Waals surface area contributed by atoms with Gasteiger partial charge in [0.25, 0.3) is 0 Å². The van der Waals surface area contributed by atoms with E-state index in [4.69, 9.17) is 25.8 Å². The van der Waals surface area contributed by atoms with E-state index in [1.54, 1.807) is 19.1 Å². The van der Waals surface area contributed by atoms with Crippen molar-refractivity contribution < 1.29 is 23.8 Å². The van der Waals surface area contributed by atoms with Gasteiger partial charge >= 0.3 is 6.09 Å². The molecule has 0 radical (unpaired) electrons. The third-order valence-corrected chi connectivity index (χ3v) is 7.77. The first-order valence-electron chi connectivity index (χ1n) is 13.2. The van der Waals surface area contributed by atoms with Crippen LogP contribution < -0.4 is 15.0 Å². The van der Waals surface area contributed by atoms with Crippen LogP contribution in [0.5, 0.6) is 5.75 Å². The van der Waals surface area contributed by atoms with Gasteiger partial charge in [0.15, 0.2) is 0 Å². The monoisotopic (exact) mass is 532 g/mol. The first-order chi connectivity index (χ1) is 17.6. The minimum Gasteiger partial charge on any atom is -0.495 e. The van der Waals surface area contributed by atoms with Crippen LogP contribution in [-0.2, 0) is 20.7 Å². The molecule has 3 aliphatic rings. The molecular weight excluding hydrogens is 492 g/mol. The quantitative estimate of drug-likeness (QED) is 0.434. The summed E-state index contributed by atoms with van der Waals surface area (Å²) in [7, 11) is 3.32. The SMILES string of the molecule is CC.COc1cc2cc(c1Cl)N(C)C(=O)CC[C@]1(C)O[C@H]1[C@H](C)C1CC(C/C=C/C=C(\C)C2)NC(=O)O1. The van der Waals surface area contributed by atoms with Crippen molar-refractivity contribution in [1.29, 1.82) is 0 Å². The highest BCUT2D eigenvalue weighted by molar-refractivity contribution is 6.35. The maximum absolute atomic E-state index is 13.2. The van der Waals surface area contributed by atoms with Crippen LogP contribution in [0, 0.1) is 5.92 Å². The van der Waals surface area contributed by atoms with E-state index < -0.39 is 5.60 Å². The maximum atomic E-state index is 13.2. The van der Waals surface area contributed by atoms with E-state index in [9.17, 15) is 9.59 Å². The van der Waals surface area contributed by atoms with Gasteiger partial charge in [-0.15, -0.1) is 0 Å². The molecule has 4 bridgehead atoms. The van der Waals surface area contributed by atoms with Gasteiger partial charge in [0, 0.05) is 31.8 Å². The number of carbonyl (C=O) groups excluding carboxylic acids is 2. The van der Waals surface area contributed by atoms with Crippen LogP contribution in [0.2, 0.25) is 5.02 Å². The minimum atomic E-state index is -0.421. The molecule has 7 nitrogen and oxygen atoms in total. The molecule has 0 aromatic heterocycles. The molecular formula is C29H41ClN2O5. The zero-order valence-electron chi connectivity index (χ0n) is 23.1. The number of epoxide rings is 1. The van der Waals surface area contributed by atoms with E-state index in [2.05, 4.69) is 31.3 Å². The van der Waals surface area contributed by atoms with Crippen LogP contribution in [0.3, 0.4) is 0 Å². The number of alkyl carbamates (subject to hydrolysis) is 1. The van der Waals surface area contributed by atoms with Gasteiger partial charge in [0.2, 0.25) is 5.91 Å². The van der Waals surface area contributed by atoms with E-state index in [1.807, 2.05) is 39.0 Å². The number of carbonyl (C=O) groups is 2. The molecule has 2 saturated heterocycles. The van der Waals surface area contributed by atoms with Crippen molar-refractivity contribution in [3.8, 4) is 5.75 Å². The topological polar surface area (TPSA) is 80.4 Å². The molecule has 204 valence electrons. The van der Waals surface area contributed by atoms with Crippen molar-refractivity contribution in [2.24, 2.45) is 5.92 Å². The second kappa shape index (κ2) is 12.4. The van der Waals surface area contributed by atoms with Gasteiger partial charge in [-0.05, 0) is 50.8 Å². The average molecular weight is 533 g/mol. The minimum absolute atomic E-state index is 0.0130. The predicted octanol–water partition coefficient (Wildman–Crippen LogP) is 6.23. The number of hydrogen-bond acceptors (Lipinski definition) is 5. The molecule has 2 unspecified atom stereocenters. The van der Waals surface area contributed by atoms with E-state index in [-0.39, 0.29) is 36.2 Å². The molecule has 8 heteroatoms. The largest absolute Gasteiger partial charge is 0.495 e. The van der Waals surface area contributed by atoms with Crippen molar-refractivity contribution in [1.82, 2.24) is 5.32 Å².